The van der Waals surface area contributed by atoms with Crippen molar-refractivity contribution in [2.75, 3.05) is 13.1 Å². The van der Waals surface area contributed by atoms with Crippen molar-refractivity contribution < 1.29 is 0 Å². The van der Waals surface area contributed by atoms with E-state index in [2.05, 4.69) is 55.9 Å². The molecule has 0 amide bonds. The molecule has 1 heterocycles. The molecule has 1 aromatic rings. The Hall–Kier alpha value is -0.860. The molecule has 1 fully saturated rings. The Labute approximate surface area is 92.1 Å². The summed E-state index contributed by atoms with van der Waals surface area (Å²) in [4.78, 5) is 0. The highest BCUT2D eigenvalue weighted by Crippen LogP contribution is 2.24. The van der Waals surface area contributed by atoms with Crippen molar-refractivity contribution in [2.24, 2.45) is 0 Å². The zero-order valence-electron chi connectivity index (χ0n) is 9.80. The highest BCUT2D eigenvalue weighted by atomic mass is 15.4. The van der Waals surface area contributed by atoms with E-state index in [-0.39, 0.29) is 5.41 Å². The number of hydrogen-bond acceptors (Lipinski definition) is 2. The number of hydrazine groups is 1. The molecule has 2 heteroatoms. The molecule has 0 radical (unpaired) electrons. The van der Waals surface area contributed by atoms with Crippen LogP contribution in [0.2, 0.25) is 0 Å². The normalized spacial score (nSPS) is 18.3. The average molecular weight is 204 g/mol. The molecule has 0 aromatic heterocycles. The summed E-state index contributed by atoms with van der Waals surface area (Å²) in [6.45, 7) is 8.83. The van der Waals surface area contributed by atoms with E-state index < -0.39 is 0 Å². The lowest BCUT2D eigenvalue weighted by atomic mass is 9.85. The second kappa shape index (κ2) is 3.95. The fourth-order valence-corrected chi connectivity index (χ4v) is 1.95. The number of rotatable bonds is 1. The van der Waals surface area contributed by atoms with Crippen LogP contribution >= 0.6 is 0 Å². The molecule has 1 aromatic carbocycles. The predicted molar refractivity (Wildman–Crippen MR) is 63.9 cm³/mol. The minimum atomic E-state index is 0.255. The third-order valence-corrected chi connectivity index (χ3v) is 3.07. The Bertz CT molecular complexity index is 315. The van der Waals surface area contributed by atoms with Crippen molar-refractivity contribution in [3.8, 4) is 0 Å². The van der Waals surface area contributed by atoms with Gasteiger partial charge in [-0.15, -0.1) is 0 Å². The minimum Gasteiger partial charge on any atom is -0.257 e. The summed E-state index contributed by atoms with van der Waals surface area (Å²) in [5.74, 6) is 0.624. The third kappa shape index (κ3) is 2.39. The Balaban J connectivity index is 2.16. The van der Waals surface area contributed by atoms with Crippen molar-refractivity contribution in [2.45, 2.75) is 32.1 Å². The topological polar surface area (TPSA) is 24.1 Å². The molecule has 0 spiro atoms. The maximum atomic E-state index is 3.17. The molecule has 0 atom stereocenters. The zero-order chi connectivity index (χ0) is 10.9. The van der Waals surface area contributed by atoms with Crippen LogP contribution in [0.3, 0.4) is 0 Å². The Kier molecular flexibility index (Phi) is 2.81. The Morgan fingerprint density at radius 1 is 1.00 bits per heavy atom. The summed E-state index contributed by atoms with van der Waals surface area (Å²) in [5.41, 5.74) is 9.42. The molecule has 82 valence electrons. The predicted octanol–water partition coefficient (Wildman–Crippen LogP) is 2.18. The number of hydrogen-bond donors (Lipinski definition) is 2. The van der Waals surface area contributed by atoms with E-state index in [0.29, 0.717) is 5.92 Å². The second-order valence-corrected chi connectivity index (χ2v) is 5.33. The maximum absolute atomic E-state index is 3.17. The highest BCUT2D eigenvalue weighted by Gasteiger charge is 2.18. The summed E-state index contributed by atoms with van der Waals surface area (Å²) in [6, 6.07) is 9.04. The Morgan fingerprint density at radius 3 is 2.00 bits per heavy atom. The fourth-order valence-electron chi connectivity index (χ4n) is 1.95. The summed E-state index contributed by atoms with van der Waals surface area (Å²) in [6.07, 6.45) is 0. The first-order valence-electron chi connectivity index (χ1n) is 5.63. The van der Waals surface area contributed by atoms with Gasteiger partial charge in [0.1, 0.15) is 0 Å². The van der Waals surface area contributed by atoms with E-state index in [4.69, 9.17) is 0 Å². The number of benzene rings is 1. The van der Waals surface area contributed by atoms with E-state index >= 15 is 0 Å². The van der Waals surface area contributed by atoms with Crippen molar-refractivity contribution in [1.82, 2.24) is 10.9 Å². The van der Waals surface area contributed by atoms with E-state index in [1.165, 1.54) is 11.1 Å². The van der Waals surface area contributed by atoms with Crippen LogP contribution in [-0.4, -0.2) is 13.1 Å². The number of nitrogens with one attached hydrogen (secondary N) is 2. The van der Waals surface area contributed by atoms with Crippen LogP contribution in [0, 0.1) is 0 Å². The van der Waals surface area contributed by atoms with Crippen molar-refractivity contribution >= 4 is 0 Å². The molecule has 1 aliphatic heterocycles. The molecule has 1 aliphatic rings. The monoisotopic (exact) mass is 204 g/mol. The van der Waals surface area contributed by atoms with E-state index in [9.17, 15) is 0 Å². The summed E-state index contributed by atoms with van der Waals surface area (Å²) in [7, 11) is 0. The summed E-state index contributed by atoms with van der Waals surface area (Å²) in [5, 5.41) is 0. The molecule has 2 rings (SSSR count). The SMILES string of the molecule is CC(C)(C)c1ccc(C2CNNC2)cc1. The van der Waals surface area contributed by atoms with Gasteiger partial charge in [0.15, 0.2) is 0 Å². The molecular weight excluding hydrogens is 184 g/mol. The van der Waals surface area contributed by atoms with Gasteiger partial charge in [0.2, 0.25) is 0 Å². The molecule has 2 nitrogen and oxygen atoms in total. The zero-order valence-corrected chi connectivity index (χ0v) is 9.80. The molecular formula is C13H20N2. The second-order valence-electron chi connectivity index (χ2n) is 5.33. The molecule has 1 saturated heterocycles. The van der Waals surface area contributed by atoms with E-state index in [1.807, 2.05) is 0 Å². The van der Waals surface area contributed by atoms with Gasteiger partial charge in [0.25, 0.3) is 0 Å². The first-order chi connectivity index (χ1) is 7.07. The third-order valence-electron chi connectivity index (χ3n) is 3.07. The van der Waals surface area contributed by atoms with Gasteiger partial charge >= 0.3 is 0 Å². The first kappa shape index (κ1) is 10.7. The van der Waals surface area contributed by atoms with Crippen molar-refractivity contribution in [3.05, 3.63) is 35.4 Å². The van der Waals surface area contributed by atoms with E-state index in [0.717, 1.165) is 13.1 Å². The van der Waals surface area contributed by atoms with Crippen LogP contribution in [0.1, 0.15) is 37.8 Å². The van der Waals surface area contributed by atoms with Gasteiger partial charge < -0.3 is 0 Å². The molecule has 0 unspecified atom stereocenters. The minimum absolute atomic E-state index is 0.255. The van der Waals surface area contributed by atoms with Crippen molar-refractivity contribution in [1.29, 1.82) is 0 Å². The van der Waals surface area contributed by atoms with Crippen LogP contribution in [0.5, 0.6) is 0 Å². The lowest BCUT2D eigenvalue weighted by Crippen LogP contribution is -2.21. The Morgan fingerprint density at radius 2 is 1.53 bits per heavy atom. The molecule has 0 aliphatic carbocycles. The average Bonchev–Trinajstić information content (AvgIpc) is 2.69. The van der Waals surface area contributed by atoms with Crippen LogP contribution in [0.25, 0.3) is 0 Å². The van der Waals surface area contributed by atoms with E-state index in [1.54, 1.807) is 0 Å². The van der Waals surface area contributed by atoms with Gasteiger partial charge in [-0.3, -0.25) is 10.9 Å². The molecule has 0 bridgehead atoms. The van der Waals surface area contributed by atoms with Crippen LogP contribution in [0.15, 0.2) is 24.3 Å². The smallest absolute Gasteiger partial charge is 0.0181 e. The molecule has 2 N–H and O–H groups in total. The lowest BCUT2D eigenvalue weighted by Gasteiger charge is -2.19. The fraction of sp³-hybridized carbons (Fsp3) is 0.538. The van der Waals surface area contributed by atoms with Gasteiger partial charge in [-0.2, -0.15) is 0 Å². The van der Waals surface area contributed by atoms with Gasteiger partial charge in [-0.1, -0.05) is 45.0 Å². The quantitative estimate of drug-likeness (QED) is 0.732. The largest absolute Gasteiger partial charge is 0.257 e. The van der Waals surface area contributed by atoms with Gasteiger partial charge in [0.05, 0.1) is 0 Å². The van der Waals surface area contributed by atoms with Crippen LogP contribution < -0.4 is 10.9 Å². The maximum Gasteiger partial charge on any atom is 0.0181 e. The van der Waals surface area contributed by atoms with Gasteiger partial charge in [-0.05, 0) is 16.5 Å². The summed E-state index contributed by atoms with van der Waals surface area (Å²) < 4.78 is 0. The summed E-state index contributed by atoms with van der Waals surface area (Å²) >= 11 is 0. The highest BCUT2D eigenvalue weighted by molar-refractivity contribution is 5.30. The van der Waals surface area contributed by atoms with Gasteiger partial charge in [-0.25, -0.2) is 0 Å². The van der Waals surface area contributed by atoms with Crippen LogP contribution in [0.4, 0.5) is 0 Å². The lowest BCUT2D eigenvalue weighted by molar-refractivity contribution is 0.589. The van der Waals surface area contributed by atoms with Crippen molar-refractivity contribution in [3.63, 3.8) is 0 Å². The van der Waals surface area contributed by atoms with Gasteiger partial charge in [0, 0.05) is 19.0 Å². The van der Waals surface area contributed by atoms with Crippen LogP contribution in [-0.2, 0) is 5.41 Å². The standard InChI is InChI=1S/C13H20N2/c1-13(2,3)12-6-4-10(5-7-12)11-8-14-15-9-11/h4-7,11,14-15H,8-9H2,1-3H3. The first-order valence-corrected chi connectivity index (χ1v) is 5.63. The molecule has 15 heavy (non-hydrogen) atoms. The molecule has 0 saturated carbocycles.